The number of allylic oxidation sites excluding steroid dienone is 3. The van der Waals surface area contributed by atoms with Gasteiger partial charge in [-0.3, -0.25) is 9.69 Å². The van der Waals surface area contributed by atoms with Gasteiger partial charge in [0.25, 0.3) is 0 Å². The fourth-order valence-corrected chi connectivity index (χ4v) is 5.84. The number of hydrogen-bond donors (Lipinski definition) is 1. The molecule has 1 aliphatic carbocycles. The summed E-state index contributed by atoms with van der Waals surface area (Å²) in [6, 6.07) is 9.86. The van der Waals surface area contributed by atoms with Gasteiger partial charge >= 0.3 is 0 Å². The first-order valence-corrected chi connectivity index (χ1v) is 12.4. The van der Waals surface area contributed by atoms with Crippen LogP contribution < -0.4 is 10.6 Å². The number of ketones is 1. The van der Waals surface area contributed by atoms with Gasteiger partial charge in [0.2, 0.25) is 0 Å². The summed E-state index contributed by atoms with van der Waals surface area (Å²) in [5.41, 5.74) is 10.9. The number of halogens is 1. The highest BCUT2D eigenvalue weighted by Gasteiger charge is 2.46. The molecule has 1 aromatic heterocycles. The predicted octanol–water partition coefficient (Wildman–Crippen LogP) is 6.60. The van der Waals surface area contributed by atoms with Crippen LogP contribution in [0.1, 0.15) is 56.4 Å². The third-order valence-electron chi connectivity index (χ3n) is 6.23. The number of thioether (sulfide) groups is 1. The number of benzene rings is 1. The molecule has 0 spiro atoms. The lowest BCUT2D eigenvalue weighted by molar-refractivity contribution is -0.118. The zero-order chi connectivity index (χ0) is 24.1. The molecule has 1 atom stereocenters. The normalized spacial score (nSPS) is 20.2. The van der Waals surface area contributed by atoms with Crippen LogP contribution in [0.5, 0.6) is 0 Å². The lowest BCUT2D eigenvalue weighted by atomic mass is 9.69. The average Bonchev–Trinajstić information content (AvgIpc) is 3.08. The second-order valence-electron chi connectivity index (χ2n) is 9.44. The zero-order valence-electron chi connectivity index (χ0n) is 19.6. The SMILES string of the molecule is CCSc1oc(C)cc1C1C(C#N)=C(N)N(c2cc(Cl)ccc2C)C2=C1C(=O)CC(C)(C)C2. The van der Waals surface area contributed by atoms with Crippen LogP contribution in [-0.4, -0.2) is 11.5 Å². The van der Waals surface area contributed by atoms with Crippen molar-refractivity contribution in [2.24, 2.45) is 11.1 Å². The third kappa shape index (κ3) is 4.09. The molecule has 1 aliphatic heterocycles. The number of hydrogen-bond acceptors (Lipinski definition) is 6. The second kappa shape index (κ2) is 8.62. The predicted molar refractivity (Wildman–Crippen MR) is 133 cm³/mol. The van der Waals surface area contributed by atoms with E-state index in [0.717, 1.165) is 39.1 Å². The summed E-state index contributed by atoms with van der Waals surface area (Å²) < 4.78 is 5.96. The maximum Gasteiger partial charge on any atom is 0.164 e. The van der Waals surface area contributed by atoms with Crippen molar-refractivity contribution in [3.63, 3.8) is 0 Å². The largest absolute Gasteiger partial charge is 0.455 e. The van der Waals surface area contributed by atoms with Crippen molar-refractivity contribution < 1.29 is 9.21 Å². The summed E-state index contributed by atoms with van der Waals surface area (Å²) in [4.78, 5) is 15.6. The van der Waals surface area contributed by atoms with Gasteiger partial charge in [-0.15, -0.1) is 0 Å². The highest BCUT2D eigenvalue weighted by atomic mass is 35.5. The standard InChI is InChI=1S/C26H28ClN3O2S/c1-6-33-25-17(9-15(3)32-25)22-18(13-28)24(29)30(19-10-16(27)8-7-14(19)2)20-11-26(4,5)12-21(31)23(20)22/h7-10,22H,6,11-12,29H2,1-5H3. The molecule has 2 aromatic rings. The van der Waals surface area contributed by atoms with Gasteiger partial charge in [-0.25, -0.2) is 0 Å². The number of Topliss-reactive ketones (excluding diaryl/α,β-unsaturated/α-hetero) is 1. The Kier molecular flexibility index (Phi) is 6.15. The van der Waals surface area contributed by atoms with Gasteiger partial charge in [-0.2, -0.15) is 5.26 Å². The summed E-state index contributed by atoms with van der Waals surface area (Å²) in [5.74, 6) is 1.39. The van der Waals surface area contributed by atoms with Crippen LogP contribution in [0.4, 0.5) is 5.69 Å². The van der Waals surface area contributed by atoms with Crippen LogP contribution in [0.3, 0.4) is 0 Å². The maximum absolute atomic E-state index is 13.7. The molecular formula is C26H28ClN3O2S. The van der Waals surface area contributed by atoms with E-state index in [0.29, 0.717) is 34.8 Å². The van der Waals surface area contributed by atoms with Crippen molar-refractivity contribution in [2.45, 2.75) is 58.5 Å². The van der Waals surface area contributed by atoms with Gasteiger partial charge in [-0.1, -0.05) is 50.2 Å². The van der Waals surface area contributed by atoms with E-state index in [9.17, 15) is 10.1 Å². The molecule has 2 heterocycles. The summed E-state index contributed by atoms with van der Waals surface area (Å²) in [7, 11) is 0. The van der Waals surface area contributed by atoms with Gasteiger partial charge in [0.15, 0.2) is 10.9 Å². The minimum absolute atomic E-state index is 0.0440. The van der Waals surface area contributed by atoms with E-state index < -0.39 is 5.92 Å². The molecule has 0 saturated heterocycles. The van der Waals surface area contributed by atoms with Crippen molar-refractivity contribution in [3.8, 4) is 6.07 Å². The van der Waals surface area contributed by atoms with E-state index in [4.69, 9.17) is 21.8 Å². The Bertz CT molecular complexity index is 1250. The van der Waals surface area contributed by atoms with Crippen molar-refractivity contribution >= 4 is 34.8 Å². The van der Waals surface area contributed by atoms with E-state index in [1.54, 1.807) is 11.8 Å². The van der Waals surface area contributed by atoms with Crippen molar-refractivity contribution in [3.05, 3.63) is 68.8 Å². The van der Waals surface area contributed by atoms with Crippen LogP contribution in [-0.2, 0) is 4.79 Å². The van der Waals surface area contributed by atoms with Crippen molar-refractivity contribution in [1.29, 1.82) is 5.26 Å². The highest BCUT2D eigenvalue weighted by molar-refractivity contribution is 7.99. The van der Waals surface area contributed by atoms with E-state index in [1.807, 2.05) is 49.9 Å². The number of carbonyl (C=O) groups excluding carboxylic acids is 1. The molecular weight excluding hydrogens is 454 g/mol. The van der Waals surface area contributed by atoms with Crippen LogP contribution in [0, 0.1) is 30.6 Å². The molecule has 1 aromatic carbocycles. The minimum atomic E-state index is -0.546. The van der Waals surface area contributed by atoms with E-state index in [2.05, 4.69) is 19.9 Å². The first-order valence-electron chi connectivity index (χ1n) is 11.0. The quantitative estimate of drug-likeness (QED) is 0.495. The Labute approximate surface area is 204 Å². The minimum Gasteiger partial charge on any atom is -0.455 e. The van der Waals surface area contributed by atoms with Crippen LogP contribution in [0.15, 0.2) is 56.4 Å². The maximum atomic E-state index is 13.7. The number of rotatable bonds is 4. The average molecular weight is 482 g/mol. The topological polar surface area (TPSA) is 83.3 Å². The lowest BCUT2D eigenvalue weighted by Crippen LogP contribution is -2.42. The molecule has 0 amide bonds. The monoisotopic (exact) mass is 481 g/mol. The number of carbonyl (C=O) groups is 1. The Morgan fingerprint density at radius 2 is 2.03 bits per heavy atom. The number of anilines is 1. The second-order valence-corrected chi connectivity index (χ2v) is 11.1. The molecule has 2 aliphatic rings. The van der Waals surface area contributed by atoms with Crippen LogP contribution >= 0.6 is 23.4 Å². The summed E-state index contributed by atoms with van der Waals surface area (Å²) in [6.07, 6.45) is 1.07. The van der Waals surface area contributed by atoms with Crippen molar-refractivity contribution in [2.75, 3.05) is 10.7 Å². The molecule has 5 nitrogen and oxygen atoms in total. The number of aryl methyl sites for hydroxylation is 2. The van der Waals surface area contributed by atoms with Crippen LogP contribution in [0.25, 0.3) is 0 Å². The first-order chi connectivity index (χ1) is 15.6. The Balaban J connectivity index is 2.04. The fourth-order valence-electron chi connectivity index (χ4n) is 4.88. The summed E-state index contributed by atoms with van der Waals surface area (Å²) in [6.45, 7) is 10.1. The smallest absolute Gasteiger partial charge is 0.164 e. The molecule has 0 saturated carbocycles. The first kappa shape index (κ1) is 23.5. The highest BCUT2D eigenvalue weighted by Crippen LogP contribution is 2.52. The summed E-state index contributed by atoms with van der Waals surface area (Å²) in [5, 5.41) is 11.6. The van der Waals surface area contributed by atoms with Gasteiger partial charge in [0, 0.05) is 28.3 Å². The zero-order valence-corrected chi connectivity index (χ0v) is 21.2. The lowest BCUT2D eigenvalue weighted by Gasteiger charge is -2.44. The van der Waals surface area contributed by atoms with Crippen LogP contribution in [0.2, 0.25) is 5.02 Å². The van der Waals surface area contributed by atoms with Crippen molar-refractivity contribution in [1.82, 2.24) is 0 Å². The van der Waals surface area contributed by atoms with Gasteiger partial charge < -0.3 is 10.2 Å². The Morgan fingerprint density at radius 1 is 1.30 bits per heavy atom. The molecule has 33 heavy (non-hydrogen) atoms. The van der Waals surface area contributed by atoms with E-state index in [-0.39, 0.29) is 11.2 Å². The third-order valence-corrected chi connectivity index (χ3v) is 7.33. The molecule has 7 heteroatoms. The molecule has 2 N–H and O–H groups in total. The van der Waals surface area contributed by atoms with E-state index in [1.165, 1.54) is 0 Å². The number of nitriles is 1. The molecule has 0 radical (unpaired) electrons. The van der Waals surface area contributed by atoms with Gasteiger partial charge in [0.05, 0.1) is 23.2 Å². The molecule has 0 bridgehead atoms. The molecule has 4 rings (SSSR count). The van der Waals surface area contributed by atoms with Gasteiger partial charge in [-0.05, 0) is 55.2 Å². The summed E-state index contributed by atoms with van der Waals surface area (Å²) >= 11 is 7.92. The number of furan rings is 1. The fraction of sp³-hybridized carbons (Fsp3) is 0.385. The Morgan fingerprint density at radius 3 is 2.70 bits per heavy atom. The van der Waals surface area contributed by atoms with E-state index >= 15 is 0 Å². The molecule has 1 unspecified atom stereocenters. The van der Waals surface area contributed by atoms with Gasteiger partial charge in [0.1, 0.15) is 11.6 Å². The molecule has 0 fully saturated rings. The Hall–Kier alpha value is -2.62. The molecule has 172 valence electrons. The number of nitrogens with two attached hydrogens (primary N) is 1. The number of nitrogens with zero attached hydrogens (tertiary/aromatic N) is 2.